The Bertz CT molecular complexity index is 1060. The fourth-order valence-corrected chi connectivity index (χ4v) is 9.38. The van der Waals surface area contributed by atoms with Crippen molar-refractivity contribution in [2.45, 2.75) is 354 Å². The molecule has 0 radical (unpaired) electrons. The number of hydrogen-bond acceptors (Lipinski definition) is 6. The molecule has 68 heavy (non-hydrogen) atoms. The summed E-state index contributed by atoms with van der Waals surface area (Å²) < 4.78 is 16.9. The van der Waals surface area contributed by atoms with Crippen molar-refractivity contribution in [1.82, 2.24) is 0 Å². The molecule has 0 aliphatic heterocycles. The van der Waals surface area contributed by atoms with Crippen molar-refractivity contribution < 1.29 is 28.6 Å². The fourth-order valence-electron chi connectivity index (χ4n) is 9.38. The molecule has 6 heteroatoms. The van der Waals surface area contributed by atoms with E-state index < -0.39 is 6.10 Å². The lowest BCUT2D eigenvalue weighted by Gasteiger charge is -2.18. The lowest BCUT2D eigenvalue weighted by atomic mass is 10.0. The van der Waals surface area contributed by atoms with Crippen LogP contribution in [0.1, 0.15) is 348 Å². The lowest BCUT2D eigenvalue weighted by Crippen LogP contribution is -2.30. The highest BCUT2D eigenvalue weighted by molar-refractivity contribution is 5.71. The maximum atomic E-state index is 12.9. The average Bonchev–Trinajstić information content (AvgIpc) is 3.34. The van der Waals surface area contributed by atoms with Crippen LogP contribution in [0.5, 0.6) is 0 Å². The van der Waals surface area contributed by atoms with Gasteiger partial charge in [-0.25, -0.2) is 0 Å². The molecular formula is C62H118O6. The van der Waals surface area contributed by atoms with Crippen LogP contribution in [0.3, 0.4) is 0 Å². The number of carbonyl (C=O) groups is 3. The summed E-state index contributed by atoms with van der Waals surface area (Å²) in [6, 6.07) is 0. The molecule has 0 aromatic carbocycles. The van der Waals surface area contributed by atoms with Crippen LogP contribution < -0.4 is 0 Å². The van der Waals surface area contributed by atoms with E-state index in [4.69, 9.17) is 14.2 Å². The van der Waals surface area contributed by atoms with E-state index >= 15 is 0 Å². The van der Waals surface area contributed by atoms with Gasteiger partial charge in [0.25, 0.3) is 0 Å². The first-order valence-corrected chi connectivity index (χ1v) is 30.7. The van der Waals surface area contributed by atoms with Crippen molar-refractivity contribution in [3.8, 4) is 0 Å². The van der Waals surface area contributed by atoms with E-state index in [9.17, 15) is 14.4 Å². The summed E-state index contributed by atoms with van der Waals surface area (Å²) in [5, 5.41) is 0. The van der Waals surface area contributed by atoms with E-state index in [1.165, 1.54) is 250 Å². The first-order valence-electron chi connectivity index (χ1n) is 30.7. The maximum absolute atomic E-state index is 12.9. The Hall–Kier alpha value is -1.85. The zero-order chi connectivity index (χ0) is 49.3. The number of carbonyl (C=O) groups excluding carboxylic acids is 3. The predicted octanol–water partition coefficient (Wildman–Crippen LogP) is 20.5. The molecule has 0 saturated heterocycles. The highest BCUT2D eigenvalue weighted by Crippen LogP contribution is 2.18. The van der Waals surface area contributed by atoms with Crippen LogP contribution in [0.4, 0.5) is 0 Å². The van der Waals surface area contributed by atoms with E-state index in [2.05, 4.69) is 32.9 Å². The van der Waals surface area contributed by atoms with Gasteiger partial charge in [-0.2, -0.15) is 0 Å². The number of unbranched alkanes of at least 4 members (excludes halogenated alkanes) is 44. The minimum Gasteiger partial charge on any atom is -0.462 e. The van der Waals surface area contributed by atoms with Crippen molar-refractivity contribution >= 4 is 17.9 Å². The highest BCUT2D eigenvalue weighted by atomic mass is 16.6. The Morgan fingerprint density at radius 2 is 0.485 bits per heavy atom. The molecule has 0 aliphatic carbocycles. The van der Waals surface area contributed by atoms with E-state index in [-0.39, 0.29) is 31.1 Å². The molecule has 1 atom stereocenters. The second-order valence-electron chi connectivity index (χ2n) is 21.0. The molecule has 0 fully saturated rings. The smallest absolute Gasteiger partial charge is 0.306 e. The van der Waals surface area contributed by atoms with Crippen LogP contribution in [0.25, 0.3) is 0 Å². The van der Waals surface area contributed by atoms with Gasteiger partial charge in [0.15, 0.2) is 6.10 Å². The zero-order valence-electron chi connectivity index (χ0n) is 46.2. The van der Waals surface area contributed by atoms with Crippen molar-refractivity contribution in [1.29, 1.82) is 0 Å². The van der Waals surface area contributed by atoms with Gasteiger partial charge in [-0.05, 0) is 44.9 Å². The number of hydrogen-bond donors (Lipinski definition) is 0. The van der Waals surface area contributed by atoms with E-state index in [0.717, 1.165) is 57.8 Å². The summed E-state index contributed by atoms with van der Waals surface area (Å²) in [6.07, 6.45) is 66.3. The molecule has 0 aliphatic rings. The third kappa shape index (κ3) is 55.1. The van der Waals surface area contributed by atoms with E-state index in [1.54, 1.807) is 0 Å². The van der Waals surface area contributed by atoms with Crippen molar-refractivity contribution in [3.05, 3.63) is 12.2 Å². The first-order chi connectivity index (χ1) is 33.5. The molecule has 0 aromatic heterocycles. The number of allylic oxidation sites excluding steroid dienone is 2. The van der Waals surface area contributed by atoms with Gasteiger partial charge in [-0.15, -0.1) is 0 Å². The summed E-state index contributed by atoms with van der Waals surface area (Å²) >= 11 is 0. The van der Waals surface area contributed by atoms with Crippen molar-refractivity contribution in [2.24, 2.45) is 0 Å². The maximum Gasteiger partial charge on any atom is 0.306 e. The summed E-state index contributed by atoms with van der Waals surface area (Å²) in [7, 11) is 0. The van der Waals surface area contributed by atoms with Crippen molar-refractivity contribution in [2.75, 3.05) is 13.2 Å². The molecule has 0 saturated carbocycles. The molecule has 6 nitrogen and oxygen atoms in total. The number of rotatable bonds is 57. The van der Waals surface area contributed by atoms with E-state index in [0.29, 0.717) is 19.3 Å². The Kier molecular flexibility index (Phi) is 56.2. The van der Waals surface area contributed by atoms with Gasteiger partial charge in [0, 0.05) is 19.3 Å². The summed E-state index contributed by atoms with van der Waals surface area (Å²) in [5.41, 5.74) is 0. The Morgan fingerprint density at radius 3 is 0.735 bits per heavy atom. The number of esters is 3. The van der Waals surface area contributed by atoms with Gasteiger partial charge in [0.05, 0.1) is 0 Å². The van der Waals surface area contributed by atoms with Crippen LogP contribution in [0, 0.1) is 0 Å². The summed E-state index contributed by atoms with van der Waals surface area (Å²) in [6.45, 7) is 6.70. The molecular weight excluding hydrogens is 841 g/mol. The standard InChI is InChI=1S/C62H118O6/c1-4-7-10-13-16-19-22-25-28-30-31-33-34-37-40-43-46-49-52-55-61(64)67-58-59(57-66-60(63)54-51-48-45-42-39-36-27-24-21-18-15-12-9-6-3)68-62(65)56-53-50-47-44-41-38-35-32-29-26-23-20-17-14-11-8-5-2/h25,28,59H,4-24,26-27,29-58H2,1-3H3/b28-25-/t59-/m1/s1. The number of ether oxygens (including phenoxy) is 3. The molecule has 0 unspecified atom stereocenters. The van der Waals surface area contributed by atoms with Gasteiger partial charge in [0.2, 0.25) is 0 Å². The SMILES string of the molecule is CCCCCCCC/C=C\CCCCCCCCCCCC(=O)OC[C@@H](COC(=O)CCCCCCCCCCCCCCCC)OC(=O)CCCCCCCCCCCCCCCCCCC. The van der Waals surface area contributed by atoms with Gasteiger partial charge in [-0.1, -0.05) is 296 Å². The Labute approximate surface area is 424 Å². The highest BCUT2D eigenvalue weighted by Gasteiger charge is 2.19. The molecule has 402 valence electrons. The van der Waals surface area contributed by atoms with Crippen LogP contribution in [-0.4, -0.2) is 37.2 Å². The van der Waals surface area contributed by atoms with Gasteiger partial charge in [0.1, 0.15) is 13.2 Å². The van der Waals surface area contributed by atoms with Crippen LogP contribution in [-0.2, 0) is 28.6 Å². The van der Waals surface area contributed by atoms with Gasteiger partial charge >= 0.3 is 17.9 Å². The van der Waals surface area contributed by atoms with Gasteiger partial charge in [-0.3, -0.25) is 14.4 Å². The monoisotopic (exact) mass is 959 g/mol. The Balaban J connectivity index is 4.29. The van der Waals surface area contributed by atoms with Crippen LogP contribution >= 0.6 is 0 Å². The van der Waals surface area contributed by atoms with E-state index in [1.807, 2.05) is 0 Å². The third-order valence-electron chi connectivity index (χ3n) is 14.0. The molecule has 0 spiro atoms. The minimum absolute atomic E-state index is 0.0640. The first kappa shape index (κ1) is 66.2. The van der Waals surface area contributed by atoms with Gasteiger partial charge < -0.3 is 14.2 Å². The quantitative estimate of drug-likeness (QED) is 0.0262. The largest absolute Gasteiger partial charge is 0.462 e. The molecule has 0 amide bonds. The molecule has 0 N–H and O–H groups in total. The second kappa shape index (κ2) is 57.7. The minimum atomic E-state index is -0.765. The van der Waals surface area contributed by atoms with Crippen LogP contribution in [0.2, 0.25) is 0 Å². The zero-order valence-corrected chi connectivity index (χ0v) is 46.2. The molecule has 0 rings (SSSR count). The Morgan fingerprint density at radius 1 is 0.279 bits per heavy atom. The predicted molar refractivity (Wildman–Crippen MR) is 293 cm³/mol. The molecule has 0 heterocycles. The van der Waals surface area contributed by atoms with Crippen molar-refractivity contribution in [3.63, 3.8) is 0 Å². The third-order valence-corrected chi connectivity index (χ3v) is 14.0. The molecule has 0 aromatic rings. The topological polar surface area (TPSA) is 78.9 Å². The fraction of sp³-hybridized carbons (Fsp3) is 0.919. The second-order valence-corrected chi connectivity index (χ2v) is 21.0. The van der Waals surface area contributed by atoms with Crippen LogP contribution in [0.15, 0.2) is 12.2 Å². The molecule has 0 bridgehead atoms. The summed E-state index contributed by atoms with van der Waals surface area (Å²) in [4.78, 5) is 38.2. The lowest BCUT2D eigenvalue weighted by molar-refractivity contribution is -0.167. The average molecular weight is 960 g/mol. The summed E-state index contributed by atoms with van der Waals surface area (Å²) in [5.74, 6) is -0.838. The normalized spacial score (nSPS) is 12.0.